The van der Waals surface area contributed by atoms with Gasteiger partial charge in [0.15, 0.2) is 0 Å². The van der Waals surface area contributed by atoms with Gasteiger partial charge in [-0.3, -0.25) is 14.8 Å². The fourth-order valence-electron chi connectivity index (χ4n) is 5.21. The molecule has 1 saturated carbocycles. The highest BCUT2D eigenvalue weighted by atomic mass is 19.3. The molecule has 0 spiro atoms. The molecule has 0 aromatic carbocycles. The second-order valence-electron chi connectivity index (χ2n) is 10.6. The van der Waals surface area contributed by atoms with Crippen LogP contribution in [0.2, 0.25) is 0 Å². The molecule has 1 N–H and O–H groups in total. The Morgan fingerprint density at radius 2 is 1.93 bits per heavy atom. The zero-order valence-electron chi connectivity index (χ0n) is 23.5. The van der Waals surface area contributed by atoms with Crippen molar-refractivity contribution < 1.29 is 26.7 Å². The van der Waals surface area contributed by atoms with E-state index in [4.69, 9.17) is 0 Å². The maximum absolute atomic E-state index is 15.7. The average molecular weight is 563 g/mol. The molecule has 2 unspecified atom stereocenters. The molecule has 1 heterocycles. The summed E-state index contributed by atoms with van der Waals surface area (Å²) in [6.07, 6.45) is 1.73. The van der Waals surface area contributed by atoms with Crippen molar-refractivity contribution in [2.45, 2.75) is 83.2 Å². The van der Waals surface area contributed by atoms with E-state index in [-0.39, 0.29) is 33.9 Å². The van der Waals surface area contributed by atoms with Crippen LogP contribution < -0.4 is 5.32 Å². The van der Waals surface area contributed by atoms with Gasteiger partial charge in [-0.15, -0.1) is 6.58 Å². The number of pyridine rings is 1. The van der Waals surface area contributed by atoms with Crippen molar-refractivity contribution in [1.29, 1.82) is 0 Å². The number of amidine groups is 1. The van der Waals surface area contributed by atoms with Gasteiger partial charge >= 0.3 is 0 Å². The van der Waals surface area contributed by atoms with Crippen LogP contribution in [0, 0.1) is 12.3 Å². The van der Waals surface area contributed by atoms with Gasteiger partial charge < -0.3 is 5.32 Å². The Labute approximate surface area is 233 Å². The van der Waals surface area contributed by atoms with Crippen molar-refractivity contribution in [3.05, 3.63) is 77.5 Å². The predicted octanol–water partition coefficient (Wildman–Crippen LogP) is 7.83. The lowest BCUT2D eigenvalue weighted by atomic mass is 9.72. The van der Waals surface area contributed by atoms with Crippen molar-refractivity contribution in [2.24, 2.45) is 10.9 Å². The van der Waals surface area contributed by atoms with E-state index in [1.807, 2.05) is 0 Å². The minimum absolute atomic E-state index is 0.00515. The van der Waals surface area contributed by atoms with E-state index in [2.05, 4.69) is 28.5 Å². The van der Waals surface area contributed by atoms with E-state index >= 15 is 13.2 Å². The summed E-state index contributed by atoms with van der Waals surface area (Å²) in [5, 5.41) is 2.56. The second kappa shape index (κ2) is 12.6. The Hall–Kier alpha value is -3.10. The number of hydrogen-bond donors (Lipinski definition) is 1. The van der Waals surface area contributed by atoms with Gasteiger partial charge in [0.05, 0.1) is 11.4 Å². The highest BCUT2D eigenvalue weighted by Crippen LogP contribution is 2.45. The number of alkyl halides is 5. The van der Waals surface area contributed by atoms with Crippen molar-refractivity contribution in [2.75, 3.05) is 7.05 Å². The Bertz CT molecular complexity index is 1250. The molecule has 2 aliphatic rings. The van der Waals surface area contributed by atoms with Crippen LogP contribution in [0.1, 0.15) is 76.2 Å². The Balaban J connectivity index is 2.31. The monoisotopic (exact) mass is 562 g/mol. The molecule has 0 saturated heterocycles. The SMILES string of the molecule is C=CC(F)C1(c2cc(C(F)(F)CC)cc(/C(C)=C(/C(=NC)NC(=O)C3=C[CH]3)[C@@H](C)C(F)F)n2)CCCC(=C)CC1. The van der Waals surface area contributed by atoms with Crippen LogP contribution in [0.5, 0.6) is 0 Å². The number of amides is 1. The molecule has 0 bridgehead atoms. The lowest BCUT2D eigenvalue weighted by Crippen LogP contribution is -2.37. The topological polar surface area (TPSA) is 54.4 Å². The zero-order chi connectivity index (χ0) is 29.8. The van der Waals surface area contributed by atoms with Crippen molar-refractivity contribution in [1.82, 2.24) is 10.3 Å². The zero-order valence-corrected chi connectivity index (χ0v) is 23.5. The largest absolute Gasteiger partial charge is 0.307 e. The van der Waals surface area contributed by atoms with Crippen LogP contribution in [-0.2, 0) is 16.1 Å². The van der Waals surface area contributed by atoms with Crippen LogP contribution >= 0.6 is 0 Å². The van der Waals surface area contributed by atoms with Crippen molar-refractivity contribution in [3.63, 3.8) is 0 Å². The molecule has 1 amide bonds. The summed E-state index contributed by atoms with van der Waals surface area (Å²) in [4.78, 5) is 21.2. The molecule has 2 aliphatic carbocycles. The summed E-state index contributed by atoms with van der Waals surface area (Å²) in [6, 6.07) is 2.41. The quantitative estimate of drug-likeness (QED) is 0.104. The molecule has 0 aliphatic heterocycles. The minimum Gasteiger partial charge on any atom is -0.307 e. The standard InChI is InChI=1S/C31H37F5N3O/c1-7-24(32)30(14-9-10-18(3)13-15-30)25-17-22(31(35,36)8-2)16-23(38-25)19(4)26(20(5)27(33)34)28(37-6)39-29(40)21-11-12-21/h7,11-12,16-17,20,24,27H,1,3,8-10,13-15H2,2,4-6H3,(H,37,39,40)/b26-19+/t20-,24?,30?/m1/s1. The number of hydrogen-bond acceptors (Lipinski definition) is 3. The maximum Gasteiger partial charge on any atom is 0.273 e. The molecule has 1 aromatic heterocycles. The summed E-state index contributed by atoms with van der Waals surface area (Å²) in [5.41, 5.74) is -0.0812. The van der Waals surface area contributed by atoms with E-state index in [0.29, 0.717) is 37.7 Å². The van der Waals surface area contributed by atoms with Crippen LogP contribution in [0.4, 0.5) is 22.0 Å². The number of halogens is 5. The van der Waals surface area contributed by atoms with Crippen LogP contribution in [-0.4, -0.2) is 36.4 Å². The summed E-state index contributed by atoms with van der Waals surface area (Å²) >= 11 is 0. The summed E-state index contributed by atoms with van der Waals surface area (Å²) in [7, 11) is 1.35. The molecular formula is C31H37F5N3O. The average Bonchev–Trinajstić information content (AvgIpc) is 3.80. The minimum atomic E-state index is -3.28. The number of nitrogens with one attached hydrogen (secondary N) is 1. The lowest BCUT2D eigenvalue weighted by molar-refractivity contribution is -0.115. The number of carbonyl (C=O) groups is 1. The Kier molecular flexibility index (Phi) is 9.90. The van der Waals surface area contributed by atoms with E-state index in [1.54, 1.807) is 12.5 Å². The number of carbonyl (C=O) groups excluding carboxylic acids is 1. The van der Waals surface area contributed by atoms with Gasteiger partial charge in [0.1, 0.15) is 12.0 Å². The van der Waals surface area contributed by atoms with E-state index in [1.165, 1.54) is 33.9 Å². The van der Waals surface area contributed by atoms with Gasteiger partial charge in [-0.25, -0.2) is 22.0 Å². The number of rotatable bonds is 10. The van der Waals surface area contributed by atoms with Crippen LogP contribution in [0.3, 0.4) is 0 Å². The Morgan fingerprint density at radius 1 is 1.25 bits per heavy atom. The molecule has 3 atom stereocenters. The smallest absolute Gasteiger partial charge is 0.273 e. The molecular weight excluding hydrogens is 525 g/mol. The van der Waals surface area contributed by atoms with Gasteiger partial charge in [0.2, 0.25) is 6.43 Å². The van der Waals surface area contributed by atoms with Crippen molar-refractivity contribution >= 4 is 17.3 Å². The normalized spacial score (nSPS) is 22.2. The first-order valence-electron chi connectivity index (χ1n) is 13.5. The second-order valence-corrected chi connectivity index (χ2v) is 10.6. The molecule has 3 rings (SSSR count). The lowest BCUT2D eigenvalue weighted by Gasteiger charge is -2.35. The van der Waals surface area contributed by atoms with Gasteiger partial charge in [0, 0.05) is 47.9 Å². The third kappa shape index (κ3) is 6.61. The van der Waals surface area contributed by atoms with Crippen LogP contribution in [0.25, 0.3) is 5.57 Å². The molecule has 4 nitrogen and oxygen atoms in total. The Morgan fingerprint density at radius 3 is 2.48 bits per heavy atom. The number of aromatic nitrogens is 1. The summed E-state index contributed by atoms with van der Waals surface area (Å²) in [6.45, 7) is 11.7. The number of nitrogens with zero attached hydrogens (tertiary/aromatic N) is 2. The van der Waals surface area contributed by atoms with Gasteiger partial charge in [-0.1, -0.05) is 38.2 Å². The molecule has 1 aromatic rings. The van der Waals surface area contributed by atoms with E-state index in [9.17, 15) is 13.6 Å². The molecule has 1 fully saturated rings. The molecule has 217 valence electrons. The first kappa shape index (κ1) is 31.4. The van der Waals surface area contributed by atoms with E-state index < -0.39 is 42.2 Å². The summed E-state index contributed by atoms with van der Waals surface area (Å²) in [5.74, 6) is -5.33. The van der Waals surface area contributed by atoms with Gasteiger partial charge in [-0.2, -0.15) is 0 Å². The molecule has 40 heavy (non-hydrogen) atoms. The molecule has 9 heteroatoms. The van der Waals surface area contributed by atoms with E-state index in [0.717, 1.165) is 17.7 Å². The third-order valence-corrected chi connectivity index (χ3v) is 7.94. The fraction of sp³-hybridized carbons (Fsp3) is 0.484. The highest BCUT2D eigenvalue weighted by molar-refractivity contribution is 6.17. The predicted molar refractivity (Wildman–Crippen MR) is 149 cm³/mol. The van der Waals surface area contributed by atoms with Crippen LogP contribution in [0.15, 0.2) is 59.2 Å². The summed E-state index contributed by atoms with van der Waals surface area (Å²) < 4.78 is 74.4. The first-order chi connectivity index (χ1) is 18.8. The highest BCUT2D eigenvalue weighted by Gasteiger charge is 2.43. The van der Waals surface area contributed by atoms with Gasteiger partial charge in [0.25, 0.3) is 11.8 Å². The maximum atomic E-state index is 15.7. The fourth-order valence-corrected chi connectivity index (χ4v) is 5.21. The number of aliphatic imine (C=N–C) groups is 1. The van der Waals surface area contributed by atoms with Gasteiger partial charge in [-0.05, 0) is 56.7 Å². The number of allylic oxidation sites excluding steroid dienone is 4. The third-order valence-electron chi connectivity index (χ3n) is 7.94. The first-order valence-corrected chi connectivity index (χ1v) is 13.5. The molecule has 1 radical (unpaired) electrons. The van der Waals surface area contributed by atoms with Crippen molar-refractivity contribution in [3.8, 4) is 0 Å².